The van der Waals surface area contributed by atoms with Crippen LogP contribution in [0.5, 0.6) is 0 Å². The fraction of sp³-hybridized carbons (Fsp3) is 0.385. The zero-order valence-corrected chi connectivity index (χ0v) is 10.2. The fourth-order valence-electron chi connectivity index (χ4n) is 1.98. The zero-order chi connectivity index (χ0) is 13.8. The van der Waals surface area contributed by atoms with Crippen LogP contribution in [0.1, 0.15) is 18.4 Å². The molecule has 0 saturated carbocycles. The van der Waals surface area contributed by atoms with Crippen molar-refractivity contribution in [2.45, 2.75) is 25.3 Å². The molecule has 102 valence electrons. The molecular weight excluding hydrogens is 254 g/mol. The third-order valence-corrected chi connectivity index (χ3v) is 3.02. The molecule has 0 aromatic heterocycles. The number of nitrogens with one attached hydrogen (secondary N) is 2. The molecule has 2 rings (SSSR count). The third kappa shape index (κ3) is 3.49. The minimum Gasteiger partial charge on any atom is -0.354 e. The van der Waals surface area contributed by atoms with Crippen LogP contribution in [0.3, 0.4) is 0 Å². The van der Waals surface area contributed by atoms with Crippen LogP contribution in [0.2, 0.25) is 0 Å². The second-order valence-electron chi connectivity index (χ2n) is 4.44. The summed E-state index contributed by atoms with van der Waals surface area (Å²) < 4.78 is 26.0. The Balaban J connectivity index is 1.80. The van der Waals surface area contributed by atoms with E-state index in [1.807, 2.05) is 0 Å². The van der Waals surface area contributed by atoms with E-state index in [-0.39, 0.29) is 24.8 Å². The van der Waals surface area contributed by atoms with Crippen LogP contribution in [0.4, 0.5) is 8.78 Å². The quantitative estimate of drug-likeness (QED) is 0.852. The molecule has 1 heterocycles. The molecule has 1 aromatic carbocycles. The number of carbonyl (C=O) groups excluding carboxylic acids is 2. The van der Waals surface area contributed by atoms with Crippen LogP contribution in [-0.2, 0) is 16.0 Å². The predicted molar refractivity (Wildman–Crippen MR) is 64.2 cm³/mol. The molecule has 4 nitrogen and oxygen atoms in total. The first-order valence-electron chi connectivity index (χ1n) is 6.07. The molecule has 0 radical (unpaired) electrons. The first-order chi connectivity index (χ1) is 9.06. The van der Waals surface area contributed by atoms with E-state index in [2.05, 4.69) is 10.6 Å². The highest BCUT2D eigenvalue weighted by Gasteiger charge is 2.26. The molecule has 1 fully saturated rings. The van der Waals surface area contributed by atoms with Gasteiger partial charge in [-0.05, 0) is 24.5 Å². The summed E-state index contributed by atoms with van der Waals surface area (Å²) in [5, 5.41) is 5.17. The van der Waals surface area contributed by atoms with Crippen molar-refractivity contribution in [3.63, 3.8) is 0 Å². The number of hydrogen-bond acceptors (Lipinski definition) is 2. The molecule has 1 saturated heterocycles. The van der Waals surface area contributed by atoms with Crippen LogP contribution in [-0.4, -0.2) is 24.4 Å². The van der Waals surface area contributed by atoms with Crippen molar-refractivity contribution in [2.24, 2.45) is 0 Å². The third-order valence-electron chi connectivity index (χ3n) is 3.02. The van der Waals surface area contributed by atoms with Crippen LogP contribution in [0.25, 0.3) is 0 Å². The monoisotopic (exact) mass is 268 g/mol. The molecule has 1 unspecified atom stereocenters. The molecule has 2 N–H and O–H groups in total. The number of carbonyl (C=O) groups is 2. The predicted octanol–water partition coefficient (Wildman–Crippen LogP) is 0.902. The van der Waals surface area contributed by atoms with Crippen molar-refractivity contribution in [2.75, 3.05) is 6.54 Å². The summed E-state index contributed by atoms with van der Waals surface area (Å²) in [6.45, 7) is 0.244. The molecule has 1 aliphatic heterocycles. The largest absolute Gasteiger partial charge is 0.354 e. The van der Waals surface area contributed by atoms with E-state index < -0.39 is 17.7 Å². The van der Waals surface area contributed by atoms with Crippen molar-refractivity contribution >= 4 is 11.8 Å². The van der Waals surface area contributed by atoms with Crippen LogP contribution in [0, 0.1) is 11.6 Å². The number of hydrogen-bond donors (Lipinski definition) is 2. The van der Waals surface area contributed by atoms with Gasteiger partial charge in [0.2, 0.25) is 11.8 Å². The van der Waals surface area contributed by atoms with Gasteiger partial charge in [0, 0.05) is 19.0 Å². The van der Waals surface area contributed by atoms with Crippen molar-refractivity contribution in [1.82, 2.24) is 10.6 Å². The average molecular weight is 268 g/mol. The maximum absolute atomic E-state index is 13.3. The van der Waals surface area contributed by atoms with Gasteiger partial charge in [-0.3, -0.25) is 9.59 Å². The summed E-state index contributed by atoms with van der Waals surface area (Å²) in [4.78, 5) is 22.6. The average Bonchev–Trinajstić information content (AvgIpc) is 2.78. The summed E-state index contributed by atoms with van der Waals surface area (Å²) >= 11 is 0. The Morgan fingerprint density at radius 1 is 1.42 bits per heavy atom. The lowest BCUT2D eigenvalue weighted by Crippen LogP contribution is -2.42. The van der Waals surface area contributed by atoms with Crippen LogP contribution < -0.4 is 10.6 Å². The van der Waals surface area contributed by atoms with Crippen LogP contribution >= 0.6 is 0 Å². The molecule has 0 bridgehead atoms. The molecule has 19 heavy (non-hydrogen) atoms. The lowest BCUT2D eigenvalue weighted by Gasteiger charge is -2.11. The van der Waals surface area contributed by atoms with Gasteiger partial charge in [0.25, 0.3) is 0 Å². The number of benzene rings is 1. The number of halogens is 2. The summed E-state index contributed by atoms with van der Waals surface area (Å²) in [6.07, 6.45) is 1.11. The molecule has 1 aliphatic rings. The minimum absolute atomic E-state index is 0.135. The van der Waals surface area contributed by atoms with E-state index in [9.17, 15) is 18.4 Å². The first kappa shape index (κ1) is 13.5. The van der Waals surface area contributed by atoms with Gasteiger partial charge in [0.05, 0.1) is 0 Å². The summed E-state index contributed by atoms with van der Waals surface area (Å²) in [7, 11) is 0. The van der Waals surface area contributed by atoms with Gasteiger partial charge in [-0.25, -0.2) is 8.78 Å². The molecule has 6 heteroatoms. The molecule has 2 amide bonds. The molecular formula is C13H14F2N2O2. The van der Waals surface area contributed by atoms with Crippen molar-refractivity contribution in [1.29, 1.82) is 0 Å². The molecule has 1 atom stereocenters. The highest BCUT2D eigenvalue weighted by atomic mass is 19.1. The van der Waals surface area contributed by atoms with Gasteiger partial charge in [-0.1, -0.05) is 6.07 Å². The van der Waals surface area contributed by atoms with Gasteiger partial charge in [0.1, 0.15) is 17.7 Å². The maximum Gasteiger partial charge on any atom is 0.242 e. The zero-order valence-electron chi connectivity index (χ0n) is 10.2. The highest BCUT2D eigenvalue weighted by Crippen LogP contribution is 2.10. The van der Waals surface area contributed by atoms with E-state index >= 15 is 0 Å². The van der Waals surface area contributed by atoms with Crippen molar-refractivity contribution in [3.8, 4) is 0 Å². The minimum atomic E-state index is -0.626. The van der Waals surface area contributed by atoms with Gasteiger partial charge >= 0.3 is 0 Å². The van der Waals surface area contributed by atoms with E-state index in [4.69, 9.17) is 0 Å². The molecule has 0 aliphatic carbocycles. The Morgan fingerprint density at radius 3 is 2.84 bits per heavy atom. The van der Waals surface area contributed by atoms with E-state index in [1.165, 1.54) is 12.1 Å². The lowest BCUT2D eigenvalue weighted by atomic mass is 10.1. The normalized spacial score (nSPS) is 18.2. The summed E-state index contributed by atoms with van der Waals surface area (Å²) in [5.41, 5.74) is 0.345. The van der Waals surface area contributed by atoms with Gasteiger partial charge in [-0.15, -0.1) is 0 Å². The topological polar surface area (TPSA) is 58.2 Å². The lowest BCUT2D eigenvalue weighted by molar-refractivity contribution is -0.125. The van der Waals surface area contributed by atoms with Crippen LogP contribution in [0.15, 0.2) is 18.2 Å². The fourth-order valence-corrected chi connectivity index (χ4v) is 1.98. The van der Waals surface area contributed by atoms with E-state index in [1.54, 1.807) is 0 Å². The Labute approximate surface area is 109 Å². The standard InChI is InChI=1S/C13H14F2N2O2/c14-9-2-1-8(10(15)7-9)5-6-16-13(19)11-3-4-12(18)17-11/h1-2,7,11H,3-6H2,(H,16,19)(H,17,18). The van der Waals surface area contributed by atoms with Crippen molar-refractivity contribution < 1.29 is 18.4 Å². The summed E-state index contributed by atoms with van der Waals surface area (Å²) in [5.74, 6) is -1.65. The van der Waals surface area contributed by atoms with Gasteiger partial charge < -0.3 is 10.6 Å². The smallest absolute Gasteiger partial charge is 0.242 e. The van der Waals surface area contributed by atoms with Crippen molar-refractivity contribution in [3.05, 3.63) is 35.4 Å². The second kappa shape index (κ2) is 5.77. The summed E-state index contributed by atoms with van der Waals surface area (Å²) in [6, 6.07) is 2.85. The Morgan fingerprint density at radius 2 is 2.21 bits per heavy atom. The van der Waals surface area contributed by atoms with E-state index in [0.717, 1.165) is 6.07 Å². The highest BCUT2D eigenvalue weighted by molar-refractivity contribution is 5.90. The first-order valence-corrected chi connectivity index (χ1v) is 6.07. The maximum atomic E-state index is 13.3. The molecule has 0 spiro atoms. The number of rotatable bonds is 4. The Kier molecular flexibility index (Phi) is 4.09. The second-order valence-corrected chi connectivity index (χ2v) is 4.44. The van der Waals surface area contributed by atoms with E-state index in [0.29, 0.717) is 18.4 Å². The van der Waals surface area contributed by atoms with Gasteiger partial charge in [0.15, 0.2) is 0 Å². The van der Waals surface area contributed by atoms with Gasteiger partial charge in [-0.2, -0.15) is 0 Å². The number of amides is 2. The Bertz CT molecular complexity index is 505. The Hall–Kier alpha value is -1.98. The molecule has 1 aromatic rings. The SMILES string of the molecule is O=C1CCC(C(=O)NCCc2ccc(F)cc2F)N1.